The average Bonchev–Trinajstić information content (AvgIpc) is 2.22. The van der Waals surface area contributed by atoms with Crippen LogP contribution in [0.3, 0.4) is 0 Å². The Bertz CT molecular complexity index is 294. The van der Waals surface area contributed by atoms with Gasteiger partial charge >= 0.3 is 0 Å². The largest absolute Gasteiger partial charge is 0.269 e. The van der Waals surface area contributed by atoms with Gasteiger partial charge in [0.2, 0.25) is 0 Å². The minimum Gasteiger partial charge on any atom is -0.258 e. The Morgan fingerprint density at radius 2 is 2.14 bits per heavy atom. The summed E-state index contributed by atoms with van der Waals surface area (Å²) in [6.45, 7) is 4.00. The molecule has 0 N–H and O–H groups in total. The molecule has 1 aromatic carbocycles. The summed E-state index contributed by atoms with van der Waals surface area (Å²) in [4.78, 5) is 9.91. The number of nitro benzene ring substituents is 1. The fraction of sp³-hybridized carbons (Fsp3) is 0.333. The highest BCUT2D eigenvalue weighted by Crippen LogP contribution is 2.19. The summed E-state index contributed by atoms with van der Waals surface area (Å²) < 4.78 is 0. The molecule has 0 spiro atoms. The zero-order chi connectivity index (χ0) is 11.0. The van der Waals surface area contributed by atoms with Crippen molar-refractivity contribution in [3.63, 3.8) is 0 Å². The Balaban J connectivity index is 0.000000791. The van der Waals surface area contributed by atoms with E-state index in [2.05, 4.69) is 0 Å². The molecule has 78 valence electrons. The molecule has 0 aliphatic heterocycles. The van der Waals surface area contributed by atoms with Gasteiger partial charge in [0, 0.05) is 17.9 Å². The first kappa shape index (κ1) is 13.3. The maximum Gasteiger partial charge on any atom is 0.269 e. The zero-order valence-corrected chi connectivity index (χ0v) is 9.64. The molecule has 0 saturated carbocycles. The van der Waals surface area contributed by atoms with Gasteiger partial charge in [0.25, 0.3) is 5.69 Å². The molecule has 0 radical (unpaired) electrons. The number of hydrogen-bond donors (Lipinski definition) is 0. The Labute approximate surface area is 92.1 Å². The van der Waals surface area contributed by atoms with Gasteiger partial charge < -0.3 is 0 Å². The van der Waals surface area contributed by atoms with Crippen LogP contribution in [0.4, 0.5) is 5.69 Å². The van der Waals surface area contributed by atoms with Crippen molar-refractivity contribution in [2.75, 3.05) is 0 Å². The first-order valence-electron chi connectivity index (χ1n) is 4.21. The van der Waals surface area contributed by atoms with Crippen LogP contribution in [0.5, 0.6) is 0 Å². The molecule has 0 atom stereocenters. The van der Waals surface area contributed by atoms with Gasteiger partial charge in [0.1, 0.15) is 0 Å². The minimum absolute atomic E-state index is 0.109. The van der Waals surface area contributed by atoms with Gasteiger partial charge in [0.05, 0.1) is 4.92 Å². The lowest BCUT2D eigenvalue weighted by Crippen LogP contribution is -1.88. The molecular formula is C9H12ClNO2S. The Hall–Kier alpha value is -0.740. The lowest BCUT2D eigenvalue weighted by Gasteiger charge is -1.95. The fourth-order valence-corrected chi connectivity index (χ4v) is 1.51. The number of halogens is 1. The lowest BCUT2D eigenvalue weighted by molar-refractivity contribution is -0.384. The van der Waals surface area contributed by atoms with Crippen molar-refractivity contribution in [1.29, 1.82) is 0 Å². The first-order valence-corrected chi connectivity index (χ1v) is 6.02. The van der Waals surface area contributed by atoms with Crippen LogP contribution < -0.4 is 0 Å². The van der Waals surface area contributed by atoms with Gasteiger partial charge in [-0.1, -0.05) is 37.0 Å². The van der Waals surface area contributed by atoms with Crippen molar-refractivity contribution in [2.24, 2.45) is 0 Å². The van der Waals surface area contributed by atoms with Gasteiger partial charge in [-0.05, 0) is 16.2 Å². The third kappa shape index (κ3) is 4.48. The van der Waals surface area contributed by atoms with Crippen molar-refractivity contribution >= 4 is 27.3 Å². The smallest absolute Gasteiger partial charge is 0.258 e. The van der Waals surface area contributed by atoms with Gasteiger partial charge in [0.15, 0.2) is 0 Å². The topological polar surface area (TPSA) is 43.1 Å². The zero-order valence-electron chi connectivity index (χ0n) is 8.07. The second-order valence-corrected chi connectivity index (χ2v) is 3.34. The number of benzene rings is 1. The molecule has 0 heterocycles. The van der Waals surface area contributed by atoms with Crippen LogP contribution in [0.2, 0.25) is 0 Å². The summed E-state index contributed by atoms with van der Waals surface area (Å²) in [5, 5.41) is 10.3. The summed E-state index contributed by atoms with van der Waals surface area (Å²) in [7, 11) is 6.54. The van der Waals surface area contributed by atoms with Crippen LogP contribution in [0.15, 0.2) is 24.3 Å². The summed E-state index contributed by atoms with van der Waals surface area (Å²) in [6, 6.07) is 6.45. The summed E-state index contributed by atoms with van der Waals surface area (Å²) in [5.41, 5.74) is 0.974. The van der Waals surface area contributed by atoms with E-state index in [0.717, 1.165) is 16.5 Å². The van der Waals surface area contributed by atoms with Crippen molar-refractivity contribution in [2.45, 2.75) is 19.6 Å². The van der Waals surface area contributed by atoms with E-state index >= 15 is 0 Å². The Kier molecular flexibility index (Phi) is 7.24. The van der Waals surface area contributed by atoms with Crippen molar-refractivity contribution < 1.29 is 4.92 Å². The van der Waals surface area contributed by atoms with Crippen LogP contribution >= 0.6 is 21.7 Å². The summed E-state index contributed by atoms with van der Waals surface area (Å²) in [5.74, 6) is 0.587. The van der Waals surface area contributed by atoms with Crippen LogP contribution in [-0.2, 0) is 5.75 Å². The van der Waals surface area contributed by atoms with E-state index in [1.54, 1.807) is 6.07 Å². The Morgan fingerprint density at radius 1 is 1.50 bits per heavy atom. The van der Waals surface area contributed by atoms with E-state index in [-0.39, 0.29) is 5.69 Å². The van der Waals surface area contributed by atoms with Crippen molar-refractivity contribution in [3.05, 3.63) is 39.9 Å². The third-order valence-corrected chi connectivity index (χ3v) is 2.11. The third-order valence-electron chi connectivity index (χ3n) is 1.34. The van der Waals surface area contributed by atoms with Gasteiger partial charge in [-0.2, -0.15) is 0 Å². The molecule has 0 amide bonds. The van der Waals surface area contributed by atoms with E-state index < -0.39 is 4.92 Å². The molecule has 0 aromatic heterocycles. The quantitative estimate of drug-likeness (QED) is 0.585. The van der Waals surface area contributed by atoms with Crippen LogP contribution in [0.25, 0.3) is 0 Å². The van der Waals surface area contributed by atoms with Crippen LogP contribution in [0.1, 0.15) is 19.4 Å². The standard InChI is InChI=1S/C7H6ClNO2S.C2H6/c8-12-5-6-2-1-3-7(4-6)9(10)11;1-2/h1-4H,5H2;1-2H3. The molecule has 0 bridgehead atoms. The monoisotopic (exact) mass is 233 g/mol. The second-order valence-electron chi connectivity index (χ2n) is 2.18. The first-order chi connectivity index (χ1) is 6.74. The average molecular weight is 234 g/mol. The highest BCUT2D eigenvalue weighted by atomic mass is 35.7. The number of rotatable bonds is 3. The van der Waals surface area contributed by atoms with E-state index in [1.165, 1.54) is 12.1 Å². The number of nitro groups is 1. The predicted octanol–water partition coefficient (Wildman–Crippen LogP) is 4.01. The molecule has 1 rings (SSSR count). The van der Waals surface area contributed by atoms with Gasteiger partial charge in [-0.25, -0.2) is 0 Å². The van der Waals surface area contributed by atoms with E-state index in [4.69, 9.17) is 10.7 Å². The lowest BCUT2D eigenvalue weighted by atomic mass is 10.2. The molecule has 14 heavy (non-hydrogen) atoms. The summed E-state index contributed by atoms with van der Waals surface area (Å²) in [6.07, 6.45) is 0. The number of hydrogen-bond acceptors (Lipinski definition) is 3. The SMILES string of the molecule is CC.O=[N+]([O-])c1cccc(CSCl)c1. The normalized spacial score (nSPS) is 8.79. The molecule has 1 aromatic rings. The molecule has 0 aliphatic carbocycles. The van der Waals surface area contributed by atoms with Crippen LogP contribution in [0, 0.1) is 10.1 Å². The molecular weight excluding hydrogens is 222 g/mol. The number of nitrogens with zero attached hydrogens (tertiary/aromatic N) is 1. The Morgan fingerprint density at radius 3 is 2.64 bits per heavy atom. The van der Waals surface area contributed by atoms with E-state index in [1.807, 2.05) is 19.9 Å². The maximum absolute atomic E-state index is 10.3. The predicted molar refractivity (Wildman–Crippen MR) is 61.6 cm³/mol. The maximum atomic E-state index is 10.3. The van der Waals surface area contributed by atoms with Crippen molar-refractivity contribution in [3.8, 4) is 0 Å². The van der Waals surface area contributed by atoms with Crippen molar-refractivity contribution in [1.82, 2.24) is 0 Å². The highest BCUT2D eigenvalue weighted by molar-refractivity contribution is 8.20. The number of non-ortho nitro benzene ring substituents is 1. The van der Waals surface area contributed by atoms with E-state index in [0.29, 0.717) is 5.75 Å². The second kappa shape index (κ2) is 7.64. The van der Waals surface area contributed by atoms with E-state index in [9.17, 15) is 10.1 Å². The van der Waals surface area contributed by atoms with Crippen LogP contribution in [-0.4, -0.2) is 4.92 Å². The molecule has 0 aliphatic rings. The summed E-state index contributed by atoms with van der Waals surface area (Å²) >= 11 is 0. The van der Waals surface area contributed by atoms with Gasteiger partial charge in [-0.15, -0.1) is 0 Å². The van der Waals surface area contributed by atoms with Gasteiger partial charge in [-0.3, -0.25) is 10.1 Å². The highest BCUT2D eigenvalue weighted by Gasteiger charge is 2.04. The minimum atomic E-state index is -0.414. The molecule has 3 nitrogen and oxygen atoms in total. The molecule has 0 unspecified atom stereocenters. The fourth-order valence-electron chi connectivity index (χ4n) is 0.823. The molecule has 5 heteroatoms. The molecule has 0 saturated heterocycles. The molecule has 0 fully saturated rings.